The molecule has 1 aliphatic rings. The fraction of sp³-hybridized carbons (Fsp3) is 0.0769. The van der Waals surface area contributed by atoms with Gasteiger partial charge >= 0.3 is 0 Å². The second-order valence-corrected chi connectivity index (χ2v) is 7.76. The molecule has 0 saturated carbocycles. The molecule has 158 valence electrons. The molecule has 6 nitrogen and oxygen atoms in total. The first kappa shape index (κ1) is 19.8. The van der Waals surface area contributed by atoms with Crippen LogP contribution in [0.15, 0.2) is 89.2 Å². The van der Waals surface area contributed by atoms with E-state index in [1.807, 2.05) is 79.7 Å². The summed E-state index contributed by atoms with van der Waals surface area (Å²) in [5.41, 5.74) is 6.22. The van der Waals surface area contributed by atoms with Crippen LogP contribution in [-0.2, 0) is 4.79 Å². The summed E-state index contributed by atoms with van der Waals surface area (Å²) in [6.45, 7) is 1.86. The van der Waals surface area contributed by atoms with Crippen molar-refractivity contribution in [2.45, 2.75) is 13.0 Å². The number of anilines is 1. The average molecular weight is 423 g/mol. The van der Waals surface area contributed by atoms with Gasteiger partial charge in [-0.15, -0.1) is 0 Å². The Labute approximate surface area is 184 Å². The van der Waals surface area contributed by atoms with Crippen molar-refractivity contribution in [1.29, 1.82) is 0 Å². The number of aromatic nitrogens is 1. The summed E-state index contributed by atoms with van der Waals surface area (Å²) in [5, 5.41) is 12.9. The molecule has 1 amide bonds. The lowest BCUT2D eigenvalue weighted by Gasteiger charge is -2.17. The monoisotopic (exact) mass is 423 g/mol. The molecule has 4 aromatic rings. The number of H-pyrrole nitrogens is 1. The standard InChI is InChI=1S/C26H21N3O3/c1-16-9-8-14-19-22(16)27-25(31)21(24(19)30)15-20-23(17-10-4-2-5-11-17)28-29(26(20)32)18-12-6-3-7-13-18/h2-15,23,28H,1H3,(H2,27,30,31)/b20-15+. The van der Waals surface area contributed by atoms with Gasteiger partial charge in [-0.2, -0.15) is 0 Å². The van der Waals surface area contributed by atoms with Crippen LogP contribution in [0.5, 0.6) is 5.75 Å². The van der Waals surface area contributed by atoms with Crippen LogP contribution in [0.4, 0.5) is 5.69 Å². The molecule has 2 heterocycles. The number of para-hydroxylation sites is 2. The molecular weight excluding hydrogens is 402 g/mol. The first-order valence-corrected chi connectivity index (χ1v) is 10.3. The fourth-order valence-electron chi connectivity index (χ4n) is 4.08. The van der Waals surface area contributed by atoms with Gasteiger partial charge in [-0.05, 0) is 42.3 Å². The summed E-state index contributed by atoms with van der Waals surface area (Å²) in [5.74, 6) is -0.425. The zero-order valence-electron chi connectivity index (χ0n) is 17.4. The Morgan fingerprint density at radius 1 is 0.906 bits per heavy atom. The van der Waals surface area contributed by atoms with E-state index in [1.165, 1.54) is 11.1 Å². The Bertz CT molecular complexity index is 1410. The van der Waals surface area contributed by atoms with Crippen LogP contribution in [0.2, 0.25) is 0 Å². The molecular formula is C26H21N3O3. The maximum Gasteiger partial charge on any atom is 0.270 e. The number of aromatic amines is 1. The maximum atomic E-state index is 13.4. The molecule has 1 aliphatic heterocycles. The van der Waals surface area contributed by atoms with E-state index in [0.29, 0.717) is 22.2 Å². The van der Waals surface area contributed by atoms with E-state index in [4.69, 9.17) is 0 Å². The number of carbonyl (C=O) groups excluding carboxylic acids is 1. The number of nitrogens with one attached hydrogen (secondary N) is 2. The maximum absolute atomic E-state index is 13.4. The van der Waals surface area contributed by atoms with Crippen LogP contribution in [0.3, 0.4) is 0 Å². The Morgan fingerprint density at radius 3 is 2.31 bits per heavy atom. The largest absolute Gasteiger partial charge is 0.506 e. The minimum atomic E-state index is -0.476. The number of pyridine rings is 1. The molecule has 3 aromatic carbocycles. The van der Waals surface area contributed by atoms with Gasteiger partial charge in [0.25, 0.3) is 11.5 Å². The lowest BCUT2D eigenvalue weighted by Crippen LogP contribution is -2.35. The van der Waals surface area contributed by atoms with Gasteiger partial charge < -0.3 is 10.1 Å². The first-order chi connectivity index (χ1) is 15.5. The highest BCUT2D eigenvalue weighted by atomic mass is 16.3. The molecule has 6 heteroatoms. The Balaban J connectivity index is 1.69. The highest BCUT2D eigenvalue weighted by Crippen LogP contribution is 2.35. The summed E-state index contributed by atoms with van der Waals surface area (Å²) < 4.78 is 0. The van der Waals surface area contributed by atoms with Crippen molar-refractivity contribution in [2.75, 3.05) is 5.01 Å². The van der Waals surface area contributed by atoms with Crippen LogP contribution < -0.4 is 16.0 Å². The van der Waals surface area contributed by atoms with Crippen molar-refractivity contribution in [2.24, 2.45) is 0 Å². The molecule has 0 bridgehead atoms. The van der Waals surface area contributed by atoms with Gasteiger partial charge in [-0.25, -0.2) is 10.4 Å². The molecule has 1 atom stereocenters. The highest BCUT2D eigenvalue weighted by Gasteiger charge is 2.37. The Hall–Kier alpha value is -4.16. The van der Waals surface area contributed by atoms with Crippen molar-refractivity contribution >= 4 is 28.6 Å². The number of benzene rings is 3. The minimum Gasteiger partial charge on any atom is -0.506 e. The first-order valence-electron chi connectivity index (χ1n) is 10.3. The van der Waals surface area contributed by atoms with Crippen LogP contribution in [0.25, 0.3) is 17.0 Å². The summed E-state index contributed by atoms with van der Waals surface area (Å²) in [6, 6.07) is 23.7. The number of amides is 1. The van der Waals surface area contributed by atoms with Crippen LogP contribution in [-0.4, -0.2) is 16.0 Å². The van der Waals surface area contributed by atoms with Crippen molar-refractivity contribution in [1.82, 2.24) is 10.4 Å². The number of rotatable bonds is 3. The zero-order chi connectivity index (χ0) is 22.2. The summed E-state index contributed by atoms with van der Waals surface area (Å²) in [7, 11) is 0. The number of carbonyl (C=O) groups is 1. The van der Waals surface area contributed by atoms with Gasteiger partial charge in [0.1, 0.15) is 5.75 Å². The smallest absolute Gasteiger partial charge is 0.270 e. The quantitative estimate of drug-likeness (QED) is 0.431. The van der Waals surface area contributed by atoms with Gasteiger partial charge in [0.05, 0.1) is 22.8 Å². The number of hydrogen-bond acceptors (Lipinski definition) is 4. The number of aryl methyl sites for hydroxylation is 1. The van der Waals surface area contributed by atoms with E-state index in [2.05, 4.69) is 10.4 Å². The van der Waals surface area contributed by atoms with E-state index in [-0.39, 0.29) is 17.2 Å². The molecule has 1 fully saturated rings. The number of fused-ring (bicyclic) bond motifs is 1. The zero-order valence-corrected chi connectivity index (χ0v) is 17.4. The molecule has 1 unspecified atom stereocenters. The van der Waals surface area contributed by atoms with Crippen LogP contribution in [0, 0.1) is 6.92 Å². The average Bonchev–Trinajstić information content (AvgIpc) is 3.14. The minimum absolute atomic E-state index is 0.0593. The lowest BCUT2D eigenvalue weighted by atomic mass is 9.97. The van der Waals surface area contributed by atoms with Gasteiger partial charge in [0, 0.05) is 11.0 Å². The second kappa shape index (κ2) is 7.83. The molecule has 1 aromatic heterocycles. The Kier molecular flexibility index (Phi) is 4.84. The normalized spacial score (nSPS) is 17.4. The third-order valence-corrected chi connectivity index (χ3v) is 5.73. The van der Waals surface area contributed by atoms with E-state index in [9.17, 15) is 14.7 Å². The third-order valence-electron chi connectivity index (χ3n) is 5.73. The summed E-state index contributed by atoms with van der Waals surface area (Å²) in [4.78, 5) is 29.2. The molecule has 0 spiro atoms. The van der Waals surface area contributed by atoms with E-state index < -0.39 is 11.6 Å². The van der Waals surface area contributed by atoms with Gasteiger partial charge in [-0.3, -0.25) is 9.59 Å². The summed E-state index contributed by atoms with van der Waals surface area (Å²) >= 11 is 0. The number of hydrazine groups is 1. The molecule has 1 saturated heterocycles. The molecule has 5 rings (SSSR count). The number of nitrogens with zero attached hydrogens (tertiary/aromatic N) is 1. The second-order valence-electron chi connectivity index (χ2n) is 7.76. The van der Waals surface area contributed by atoms with Crippen LogP contribution >= 0.6 is 0 Å². The highest BCUT2D eigenvalue weighted by molar-refractivity contribution is 6.11. The molecule has 32 heavy (non-hydrogen) atoms. The fourth-order valence-corrected chi connectivity index (χ4v) is 4.08. The molecule has 3 N–H and O–H groups in total. The van der Waals surface area contributed by atoms with Gasteiger partial charge in [-0.1, -0.05) is 60.7 Å². The lowest BCUT2D eigenvalue weighted by molar-refractivity contribution is -0.114. The van der Waals surface area contributed by atoms with Crippen molar-refractivity contribution < 1.29 is 9.90 Å². The van der Waals surface area contributed by atoms with Crippen molar-refractivity contribution in [3.8, 4) is 5.75 Å². The van der Waals surface area contributed by atoms with Gasteiger partial charge in [0.15, 0.2) is 0 Å². The molecule has 0 radical (unpaired) electrons. The Morgan fingerprint density at radius 2 is 1.59 bits per heavy atom. The van der Waals surface area contributed by atoms with Gasteiger partial charge in [0.2, 0.25) is 0 Å². The third kappa shape index (κ3) is 3.27. The SMILES string of the molecule is Cc1cccc2c(O)c(/C=C3/C(=O)N(c4ccccc4)NC3c3ccccc3)c(=O)[nH]c12. The summed E-state index contributed by atoms with van der Waals surface area (Å²) in [6.07, 6.45) is 1.49. The van der Waals surface area contributed by atoms with E-state index in [0.717, 1.165) is 11.1 Å². The van der Waals surface area contributed by atoms with E-state index in [1.54, 1.807) is 6.07 Å². The topological polar surface area (TPSA) is 85.4 Å². The molecule has 0 aliphatic carbocycles. The van der Waals surface area contributed by atoms with Crippen LogP contribution in [0.1, 0.15) is 22.7 Å². The van der Waals surface area contributed by atoms with Crippen molar-refractivity contribution in [3.63, 3.8) is 0 Å². The number of aromatic hydroxyl groups is 1. The van der Waals surface area contributed by atoms with Crippen molar-refractivity contribution in [3.05, 3.63) is 111 Å². The predicted molar refractivity (Wildman–Crippen MR) is 125 cm³/mol. The number of hydrogen-bond donors (Lipinski definition) is 3. The predicted octanol–water partition coefficient (Wildman–Crippen LogP) is 4.22. The van der Waals surface area contributed by atoms with E-state index >= 15 is 0 Å².